The van der Waals surface area contributed by atoms with Gasteiger partial charge >= 0.3 is 0 Å². The molecule has 0 amide bonds. The van der Waals surface area contributed by atoms with Crippen LogP contribution in [0, 0.1) is 0 Å². The molecule has 20 heavy (non-hydrogen) atoms. The Morgan fingerprint density at radius 3 is 2.65 bits per heavy atom. The van der Waals surface area contributed by atoms with Crippen molar-refractivity contribution in [2.75, 3.05) is 20.3 Å². The van der Waals surface area contributed by atoms with Gasteiger partial charge in [-0.1, -0.05) is 17.7 Å². The SMILES string of the molecule is CN(Cc1ccc2c(c1)OCCO2)Cc1ccc(Cl)s1. The van der Waals surface area contributed by atoms with E-state index in [1.807, 2.05) is 12.1 Å². The molecular formula is C15H16ClNO2S. The molecule has 5 heteroatoms. The van der Waals surface area contributed by atoms with Gasteiger partial charge in [-0.05, 0) is 36.9 Å². The third kappa shape index (κ3) is 3.26. The predicted octanol–water partition coefficient (Wildman–Crippen LogP) is 3.80. The van der Waals surface area contributed by atoms with Crippen LogP contribution in [0.15, 0.2) is 30.3 Å². The first kappa shape index (κ1) is 13.7. The van der Waals surface area contributed by atoms with Gasteiger partial charge in [-0.15, -0.1) is 11.3 Å². The van der Waals surface area contributed by atoms with Crippen molar-refractivity contribution >= 4 is 22.9 Å². The second kappa shape index (κ2) is 6.04. The molecule has 0 fully saturated rings. The monoisotopic (exact) mass is 309 g/mol. The molecule has 2 heterocycles. The summed E-state index contributed by atoms with van der Waals surface area (Å²) >= 11 is 7.58. The molecule has 0 saturated heterocycles. The molecule has 0 unspecified atom stereocenters. The molecule has 1 aromatic carbocycles. The number of fused-ring (bicyclic) bond motifs is 1. The summed E-state index contributed by atoms with van der Waals surface area (Å²) < 4.78 is 12.0. The minimum atomic E-state index is 0.625. The number of benzene rings is 1. The summed E-state index contributed by atoms with van der Waals surface area (Å²) in [5, 5.41) is 0. The topological polar surface area (TPSA) is 21.7 Å². The number of halogens is 1. The van der Waals surface area contributed by atoms with Gasteiger partial charge in [0.25, 0.3) is 0 Å². The van der Waals surface area contributed by atoms with Crippen LogP contribution in [0.3, 0.4) is 0 Å². The number of thiophene rings is 1. The van der Waals surface area contributed by atoms with Crippen LogP contribution in [0.25, 0.3) is 0 Å². The highest BCUT2D eigenvalue weighted by Crippen LogP contribution is 2.31. The third-order valence-corrected chi connectivity index (χ3v) is 4.33. The maximum Gasteiger partial charge on any atom is 0.161 e. The van der Waals surface area contributed by atoms with E-state index in [9.17, 15) is 0 Å². The van der Waals surface area contributed by atoms with E-state index in [0.29, 0.717) is 13.2 Å². The van der Waals surface area contributed by atoms with Crippen molar-refractivity contribution in [1.29, 1.82) is 0 Å². The first-order valence-electron chi connectivity index (χ1n) is 6.52. The minimum absolute atomic E-state index is 0.625. The Hall–Kier alpha value is -1.23. The van der Waals surface area contributed by atoms with Gasteiger partial charge < -0.3 is 9.47 Å². The second-order valence-electron chi connectivity index (χ2n) is 4.86. The highest BCUT2D eigenvalue weighted by Gasteiger charge is 2.12. The number of hydrogen-bond acceptors (Lipinski definition) is 4. The first-order chi connectivity index (χ1) is 9.70. The highest BCUT2D eigenvalue weighted by molar-refractivity contribution is 7.16. The van der Waals surface area contributed by atoms with Crippen LogP contribution in [-0.2, 0) is 13.1 Å². The van der Waals surface area contributed by atoms with Crippen LogP contribution in [0.4, 0.5) is 0 Å². The molecule has 1 aromatic heterocycles. The lowest BCUT2D eigenvalue weighted by Gasteiger charge is -2.20. The van der Waals surface area contributed by atoms with Gasteiger partial charge in [0.1, 0.15) is 13.2 Å². The third-order valence-electron chi connectivity index (χ3n) is 3.11. The van der Waals surface area contributed by atoms with Crippen LogP contribution in [0.1, 0.15) is 10.4 Å². The number of rotatable bonds is 4. The Bertz CT molecular complexity index is 599. The number of ether oxygens (including phenoxy) is 2. The van der Waals surface area contributed by atoms with Gasteiger partial charge in [0.2, 0.25) is 0 Å². The van der Waals surface area contributed by atoms with Crippen molar-refractivity contribution in [1.82, 2.24) is 4.90 Å². The van der Waals surface area contributed by atoms with E-state index in [-0.39, 0.29) is 0 Å². The molecule has 0 atom stereocenters. The van der Waals surface area contributed by atoms with Crippen LogP contribution < -0.4 is 9.47 Å². The molecule has 1 aliphatic heterocycles. The zero-order valence-electron chi connectivity index (χ0n) is 11.3. The summed E-state index contributed by atoms with van der Waals surface area (Å²) in [6.07, 6.45) is 0. The van der Waals surface area contributed by atoms with Crippen LogP contribution in [0.5, 0.6) is 11.5 Å². The van der Waals surface area contributed by atoms with E-state index in [4.69, 9.17) is 21.1 Å². The molecule has 0 spiro atoms. The van der Waals surface area contributed by atoms with Crippen molar-refractivity contribution < 1.29 is 9.47 Å². The van der Waals surface area contributed by atoms with E-state index in [1.54, 1.807) is 11.3 Å². The zero-order chi connectivity index (χ0) is 13.9. The molecule has 0 N–H and O–H groups in total. The molecule has 106 valence electrons. The van der Waals surface area contributed by atoms with Crippen LogP contribution >= 0.6 is 22.9 Å². The molecule has 0 bridgehead atoms. The Labute approximate surface area is 127 Å². The van der Waals surface area contributed by atoms with E-state index in [0.717, 1.165) is 28.9 Å². The predicted molar refractivity (Wildman–Crippen MR) is 81.9 cm³/mol. The van der Waals surface area contributed by atoms with E-state index in [1.165, 1.54) is 10.4 Å². The van der Waals surface area contributed by atoms with Gasteiger partial charge in [0.05, 0.1) is 4.34 Å². The average Bonchev–Trinajstić information content (AvgIpc) is 2.83. The Kier molecular flexibility index (Phi) is 4.15. The first-order valence-corrected chi connectivity index (χ1v) is 7.71. The summed E-state index contributed by atoms with van der Waals surface area (Å²) in [7, 11) is 2.10. The smallest absolute Gasteiger partial charge is 0.161 e. The van der Waals surface area contributed by atoms with Crippen LogP contribution in [-0.4, -0.2) is 25.2 Å². The fourth-order valence-electron chi connectivity index (χ4n) is 2.26. The Morgan fingerprint density at radius 1 is 1.10 bits per heavy atom. The Morgan fingerprint density at radius 2 is 1.90 bits per heavy atom. The average molecular weight is 310 g/mol. The summed E-state index contributed by atoms with van der Waals surface area (Å²) in [6.45, 7) is 3.02. The lowest BCUT2D eigenvalue weighted by Crippen LogP contribution is -2.18. The van der Waals surface area contributed by atoms with E-state index in [2.05, 4.69) is 30.1 Å². The normalized spacial score (nSPS) is 13.8. The zero-order valence-corrected chi connectivity index (χ0v) is 12.8. The minimum Gasteiger partial charge on any atom is -0.486 e. The molecule has 2 aromatic rings. The molecule has 1 aliphatic rings. The van der Waals surface area contributed by atoms with Gasteiger partial charge in [-0.2, -0.15) is 0 Å². The van der Waals surface area contributed by atoms with Gasteiger partial charge in [0.15, 0.2) is 11.5 Å². The summed E-state index contributed by atoms with van der Waals surface area (Å²) in [5.74, 6) is 1.69. The lowest BCUT2D eigenvalue weighted by molar-refractivity contribution is 0.171. The van der Waals surface area contributed by atoms with Crippen molar-refractivity contribution in [2.24, 2.45) is 0 Å². The number of hydrogen-bond donors (Lipinski definition) is 0. The molecule has 0 radical (unpaired) electrons. The van der Waals surface area contributed by atoms with Crippen LogP contribution in [0.2, 0.25) is 4.34 Å². The van der Waals surface area contributed by atoms with Crippen molar-refractivity contribution in [2.45, 2.75) is 13.1 Å². The molecular weight excluding hydrogens is 294 g/mol. The van der Waals surface area contributed by atoms with Gasteiger partial charge in [-0.25, -0.2) is 0 Å². The van der Waals surface area contributed by atoms with Crippen molar-refractivity contribution in [3.05, 3.63) is 45.1 Å². The standard InChI is InChI=1S/C15H16ClNO2S/c1-17(10-12-3-5-15(16)20-12)9-11-2-4-13-14(8-11)19-7-6-18-13/h2-5,8H,6-7,9-10H2,1H3. The fraction of sp³-hybridized carbons (Fsp3) is 0.333. The Balaban J connectivity index is 1.65. The lowest BCUT2D eigenvalue weighted by atomic mass is 10.2. The van der Waals surface area contributed by atoms with E-state index < -0.39 is 0 Å². The van der Waals surface area contributed by atoms with Gasteiger partial charge in [-0.3, -0.25) is 4.90 Å². The van der Waals surface area contributed by atoms with Crippen molar-refractivity contribution in [3.8, 4) is 11.5 Å². The summed E-state index contributed by atoms with van der Waals surface area (Å²) in [5.41, 5.74) is 1.22. The largest absolute Gasteiger partial charge is 0.486 e. The quantitative estimate of drug-likeness (QED) is 0.857. The highest BCUT2D eigenvalue weighted by atomic mass is 35.5. The maximum atomic E-state index is 5.95. The molecule has 3 rings (SSSR count). The summed E-state index contributed by atoms with van der Waals surface area (Å²) in [4.78, 5) is 3.53. The summed E-state index contributed by atoms with van der Waals surface area (Å²) in [6, 6.07) is 10.2. The molecule has 0 saturated carbocycles. The fourth-order valence-corrected chi connectivity index (χ4v) is 3.42. The second-order valence-corrected chi connectivity index (χ2v) is 6.66. The maximum absolute atomic E-state index is 5.95. The molecule has 3 nitrogen and oxygen atoms in total. The number of nitrogens with zero attached hydrogens (tertiary/aromatic N) is 1. The van der Waals surface area contributed by atoms with Gasteiger partial charge in [0, 0.05) is 18.0 Å². The van der Waals surface area contributed by atoms with Crippen molar-refractivity contribution in [3.63, 3.8) is 0 Å². The molecule has 0 aliphatic carbocycles. The van der Waals surface area contributed by atoms with E-state index >= 15 is 0 Å².